The first-order valence-electron chi connectivity index (χ1n) is 8.88. The SMILES string of the molecule is CCc1ccc(C(CNC(=O)/C=C/c2ccc(OC)cc2)N(C)C)cc1. The maximum absolute atomic E-state index is 12.2. The molecule has 4 heteroatoms. The molecule has 2 rings (SSSR count). The average molecular weight is 352 g/mol. The Kier molecular flexibility index (Phi) is 7.42. The average Bonchev–Trinajstić information content (AvgIpc) is 2.67. The van der Waals surface area contributed by atoms with Crippen LogP contribution >= 0.6 is 0 Å². The number of ether oxygens (including phenoxy) is 1. The maximum atomic E-state index is 12.2. The van der Waals surface area contributed by atoms with Crippen molar-refractivity contribution in [3.8, 4) is 5.75 Å². The fourth-order valence-electron chi connectivity index (χ4n) is 2.72. The number of hydrogen-bond acceptors (Lipinski definition) is 3. The standard InChI is InChI=1S/C22H28N2O2/c1-5-17-6-11-19(12-7-17)21(24(2)3)16-23-22(25)15-10-18-8-13-20(26-4)14-9-18/h6-15,21H,5,16H2,1-4H3,(H,23,25)/b15-10+. The fourth-order valence-corrected chi connectivity index (χ4v) is 2.72. The molecule has 1 amide bonds. The predicted molar refractivity (Wildman–Crippen MR) is 107 cm³/mol. The number of hydrogen-bond donors (Lipinski definition) is 1. The van der Waals surface area contributed by atoms with Gasteiger partial charge in [-0.1, -0.05) is 43.3 Å². The van der Waals surface area contributed by atoms with Gasteiger partial charge in [-0.15, -0.1) is 0 Å². The number of carbonyl (C=O) groups is 1. The van der Waals surface area contributed by atoms with Crippen molar-refractivity contribution < 1.29 is 9.53 Å². The summed E-state index contributed by atoms with van der Waals surface area (Å²) in [5.74, 6) is 0.701. The summed E-state index contributed by atoms with van der Waals surface area (Å²) in [7, 11) is 5.69. The summed E-state index contributed by atoms with van der Waals surface area (Å²) < 4.78 is 5.13. The monoisotopic (exact) mass is 352 g/mol. The minimum absolute atomic E-state index is 0.0992. The molecular weight excluding hydrogens is 324 g/mol. The van der Waals surface area contributed by atoms with Gasteiger partial charge in [0.05, 0.1) is 13.2 Å². The second-order valence-corrected chi connectivity index (χ2v) is 6.43. The molecule has 0 aliphatic rings. The van der Waals surface area contributed by atoms with Crippen LogP contribution in [0, 0.1) is 0 Å². The quantitative estimate of drug-likeness (QED) is 0.737. The molecule has 2 aromatic rings. The summed E-state index contributed by atoms with van der Waals surface area (Å²) in [4.78, 5) is 14.3. The molecule has 0 fully saturated rings. The van der Waals surface area contributed by atoms with E-state index >= 15 is 0 Å². The van der Waals surface area contributed by atoms with Crippen molar-refractivity contribution in [1.29, 1.82) is 0 Å². The van der Waals surface area contributed by atoms with Crippen LogP contribution < -0.4 is 10.1 Å². The summed E-state index contributed by atoms with van der Waals surface area (Å²) in [6.07, 6.45) is 4.39. The zero-order chi connectivity index (χ0) is 18.9. The summed E-state index contributed by atoms with van der Waals surface area (Å²) >= 11 is 0. The minimum atomic E-state index is -0.0992. The molecule has 0 radical (unpaired) electrons. The fraction of sp³-hybridized carbons (Fsp3) is 0.318. The minimum Gasteiger partial charge on any atom is -0.497 e. The van der Waals surface area contributed by atoms with Crippen LogP contribution in [0.25, 0.3) is 6.08 Å². The number of likely N-dealkylation sites (N-methyl/N-ethyl adjacent to an activating group) is 1. The van der Waals surface area contributed by atoms with Gasteiger partial charge in [0.2, 0.25) is 5.91 Å². The maximum Gasteiger partial charge on any atom is 0.244 e. The Balaban J connectivity index is 1.94. The zero-order valence-corrected chi connectivity index (χ0v) is 16.0. The Morgan fingerprint density at radius 3 is 2.31 bits per heavy atom. The van der Waals surface area contributed by atoms with E-state index in [-0.39, 0.29) is 11.9 Å². The predicted octanol–water partition coefficient (Wildman–Crippen LogP) is 3.69. The highest BCUT2D eigenvalue weighted by atomic mass is 16.5. The number of methoxy groups -OCH3 is 1. The van der Waals surface area contributed by atoms with Crippen LogP contribution in [0.5, 0.6) is 5.75 Å². The lowest BCUT2D eigenvalue weighted by Gasteiger charge is -2.25. The molecule has 0 aromatic heterocycles. The lowest BCUT2D eigenvalue weighted by Crippen LogP contribution is -2.33. The lowest BCUT2D eigenvalue weighted by atomic mass is 10.0. The molecule has 0 aliphatic carbocycles. The van der Waals surface area contributed by atoms with E-state index in [9.17, 15) is 4.79 Å². The van der Waals surface area contributed by atoms with Crippen molar-refractivity contribution >= 4 is 12.0 Å². The molecule has 0 spiro atoms. The topological polar surface area (TPSA) is 41.6 Å². The Morgan fingerprint density at radius 1 is 1.12 bits per heavy atom. The molecule has 0 aliphatic heterocycles. The van der Waals surface area contributed by atoms with Gasteiger partial charge in [0.15, 0.2) is 0 Å². The summed E-state index contributed by atoms with van der Waals surface area (Å²) in [6, 6.07) is 16.3. The molecule has 0 heterocycles. The molecule has 1 atom stereocenters. The van der Waals surface area contributed by atoms with Gasteiger partial charge >= 0.3 is 0 Å². The van der Waals surface area contributed by atoms with E-state index in [1.165, 1.54) is 11.1 Å². The van der Waals surface area contributed by atoms with E-state index in [1.807, 2.05) is 38.4 Å². The molecule has 0 bridgehead atoms. The van der Waals surface area contributed by atoms with E-state index in [2.05, 4.69) is 41.4 Å². The van der Waals surface area contributed by atoms with Crippen LogP contribution in [-0.4, -0.2) is 38.6 Å². The van der Waals surface area contributed by atoms with Gasteiger partial charge in [-0.25, -0.2) is 0 Å². The number of nitrogens with zero attached hydrogens (tertiary/aromatic N) is 1. The molecule has 1 unspecified atom stereocenters. The van der Waals surface area contributed by atoms with Crippen molar-refractivity contribution in [2.75, 3.05) is 27.7 Å². The van der Waals surface area contributed by atoms with E-state index in [4.69, 9.17) is 4.74 Å². The van der Waals surface area contributed by atoms with Crippen molar-refractivity contribution in [1.82, 2.24) is 10.2 Å². The third kappa shape index (κ3) is 5.74. The van der Waals surface area contributed by atoms with Crippen LogP contribution in [0.3, 0.4) is 0 Å². The molecule has 1 N–H and O–H groups in total. The van der Waals surface area contributed by atoms with Crippen molar-refractivity contribution in [2.24, 2.45) is 0 Å². The third-order valence-corrected chi connectivity index (χ3v) is 4.41. The van der Waals surface area contributed by atoms with Gasteiger partial charge in [0.1, 0.15) is 5.75 Å². The highest BCUT2D eigenvalue weighted by Crippen LogP contribution is 2.18. The highest BCUT2D eigenvalue weighted by molar-refractivity contribution is 5.91. The highest BCUT2D eigenvalue weighted by Gasteiger charge is 2.14. The van der Waals surface area contributed by atoms with E-state index in [0.29, 0.717) is 6.54 Å². The van der Waals surface area contributed by atoms with Crippen LogP contribution in [-0.2, 0) is 11.2 Å². The van der Waals surface area contributed by atoms with Crippen LogP contribution in [0.15, 0.2) is 54.6 Å². The number of benzene rings is 2. The van der Waals surface area contributed by atoms with Gasteiger partial charge in [0, 0.05) is 12.6 Å². The molecule has 26 heavy (non-hydrogen) atoms. The van der Waals surface area contributed by atoms with Gasteiger partial charge < -0.3 is 15.0 Å². The van der Waals surface area contributed by atoms with Crippen LogP contribution in [0.1, 0.15) is 29.7 Å². The number of carbonyl (C=O) groups excluding carboxylic acids is 1. The van der Waals surface area contributed by atoms with Crippen LogP contribution in [0.4, 0.5) is 0 Å². The van der Waals surface area contributed by atoms with Crippen molar-refractivity contribution in [3.63, 3.8) is 0 Å². The number of amides is 1. The van der Waals surface area contributed by atoms with E-state index < -0.39 is 0 Å². The molecule has 0 saturated carbocycles. The molecule has 0 saturated heterocycles. The first kappa shape index (κ1) is 19.7. The number of aryl methyl sites for hydroxylation is 1. The lowest BCUT2D eigenvalue weighted by molar-refractivity contribution is -0.116. The summed E-state index contributed by atoms with van der Waals surface area (Å²) in [5.41, 5.74) is 3.48. The van der Waals surface area contributed by atoms with E-state index in [1.54, 1.807) is 19.3 Å². The molecule has 138 valence electrons. The van der Waals surface area contributed by atoms with Crippen molar-refractivity contribution in [3.05, 3.63) is 71.3 Å². The second kappa shape index (κ2) is 9.78. The van der Waals surface area contributed by atoms with Crippen molar-refractivity contribution in [2.45, 2.75) is 19.4 Å². The molecular formula is C22H28N2O2. The normalized spacial score (nSPS) is 12.3. The first-order valence-corrected chi connectivity index (χ1v) is 8.88. The molecule has 4 nitrogen and oxygen atoms in total. The number of nitrogens with one attached hydrogen (secondary N) is 1. The Morgan fingerprint density at radius 2 is 1.77 bits per heavy atom. The number of rotatable bonds is 8. The van der Waals surface area contributed by atoms with Crippen LogP contribution in [0.2, 0.25) is 0 Å². The Hall–Kier alpha value is -2.59. The van der Waals surface area contributed by atoms with E-state index in [0.717, 1.165) is 17.7 Å². The zero-order valence-electron chi connectivity index (χ0n) is 16.0. The third-order valence-electron chi connectivity index (χ3n) is 4.41. The first-order chi connectivity index (χ1) is 12.5. The smallest absolute Gasteiger partial charge is 0.244 e. The second-order valence-electron chi connectivity index (χ2n) is 6.43. The Bertz CT molecular complexity index is 719. The van der Waals surface area contributed by atoms with Gasteiger partial charge in [-0.05, 0) is 55.4 Å². The summed E-state index contributed by atoms with van der Waals surface area (Å²) in [5, 5.41) is 2.99. The largest absolute Gasteiger partial charge is 0.497 e. The molecule has 2 aromatic carbocycles. The van der Waals surface area contributed by atoms with Gasteiger partial charge in [0.25, 0.3) is 0 Å². The Labute approximate surface area is 156 Å². The van der Waals surface area contributed by atoms with Gasteiger partial charge in [-0.2, -0.15) is 0 Å². The van der Waals surface area contributed by atoms with Gasteiger partial charge in [-0.3, -0.25) is 4.79 Å². The summed E-state index contributed by atoms with van der Waals surface area (Å²) in [6.45, 7) is 2.71.